The van der Waals surface area contributed by atoms with E-state index in [4.69, 9.17) is 10.5 Å². The molecule has 1 saturated heterocycles. The van der Waals surface area contributed by atoms with Gasteiger partial charge in [-0.05, 0) is 25.7 Å². The van der Waals surface area contributed by atoms with Crippen LogP contribution in [-0.4, -0.2) is 55.7 Å². The minimum absolute atomic E-state index is 0.00519. The first-order chi connectivity index (χ1) is 10.1. The summed E-state index contributed by atoms with van der Waals surface area (Å²) in [6.07, 6.45) is 7.55. The maximum atomic E-state index is 11.8. The fourth-order valence-electron chi connectivity index (χ4n) is 3.01. The molecule has 0 aromatic heterocycles. The van der Waals surface area contributed by atoms with Gasteiger partial charge in [-0.3, -0.25) is 9.79 Å². The normalized spacial score (nSPS) is 27.6. The van der Waals surface area contributed by atoms with Crippen molar-refractivity contribution in [3.63, 3.8) is 0 Å². The van der Waals surface area contributed by atoms with E-state index < -0.39 is 0 Å². The molecule has 0 aromatic carbocycles. The van der Waals surface area contributed by atoms with Crippen molar-refractivity contribution in [1.82, 2.24) is 10.2 Å². The topological polar surface area (TPSA) is 80.0 Å². The maximum Gasteiger partial charge on any atom is 0.251 e. The van der Waals surface area contributed by atoms with Gasteiger partial charge in [-0.25, -0.2) is 0 Å². The molecule has 1 saturated carbocycles. The minimum Gasteiger partial charge on any atom is -0.370 e. The van der Waals surface area contributed by atoms with Crippen molar-refractivity contribution in [3.05, 3.63) is 0 Å². The number of amides is 1. The van der Waals surface area contributed by atoms with Crippen molar-refractivity contribution in [2.75, 3.05) is 20.6 Å². The molecule has 1 aliphatic carbocycles. The smallest absolute Gasteiger partial charge is 0.251 e. The molecule has 2 aliphatic rings. The molecule has 0 bridgehead atoms. The first-order valence-corrected chi connectivity index (χ1v) is 7.99. The highest BCUT2D eigenvalue weighted by Crippen LogP contribution is 2.21. The standard InChI is InChI=1S/C15H28N4O2/c1-19(2)14(20)13-9-8-12(21-13)10-17-15(16)18-11-6-4-3-5-7-11/h11-13H,3-10H2,1-2H3,(H3,16,17,18). The van der Waals surface area contributed by atoms with Crippen molar-refractivity contribution >= 4 is 11.9 Å². The largest absolute Gasteiger partial charge is 0.370 e. The van der Waals surface area contributed by atoms with E-state index in [2.05, 4.69) is 10.3 Å². The Labute approximate surface area is 127 Å². The van der Waals surface area contributed by atoms with Crippen molar-refractivity contribution in [2.24, 2.45) is 10.7 Å². The molecule has 0 spiro atoms. The molecule has 2 fully saturated rings. The van der Waals surface area contributed by atoms with Crippen LogP contribution in [0.5, 0.6) is 0 Å². The van der Waals surface area contributed by atoms with Crippen molar-refractivity contribution < 1.29 is 9.53 Å². The number of ether oxygens (including phenoxy) is 1. The van der Waals surface area contributed by atoms with Crippen LogP contribution in [0.15, 0.2) is 4.99 Å². The third kappa shape index (κ3) is 4.88. The van der Waals surface area contributed by atoms with Crippen molar-refractivity contribution in [1.29, 1.82) is 0 Å². The highest BCUT2D eigenvalue weighted by atomic mass is 16.5. The van der Waals surface area contributed by atoms with Gasteiger partial charge in [0.1, 0.15) is 6.10 Å². The van der Waals surface area contributed by atoms with Crippen LogP contribution in [0.2, 0.25) is 0 Å². The number of nitrogens with zero attached hydrogens (tertiary/aromatic N) is 2. The van der Waals surface area contributed by atoms with E-state index >= 15 is 0 Å². The van der Waals surface area contributed by atoms with Crippen molar-refractivity contribution in [3.8, 4) is 0 Å². The van der Waals surface area contributed by atoms with E-state index in [1.807, 2.05) is 0 Å². The molecule has 1 aliphatic heterocycles. The number of guanidine groups is 1. The van der Waals surface area contributed by atoms with E-state index in [0.717, 1.165) is 12.8 Å². The third-order valence-corrected chi connectivity index (χ3v) is 4.25. The summed E-state index contributed by atoms with van der Waals surface area (Å²) in [7, 11) is 3.51. The first kappa shape index (κ1) is 16.1. The van der Waals surface area contributed by atoms with E-state index in [-0.39, 0.29) is 18.1 Å². The Balaban J connectivity index is 1.72. The van der Waals surface area contributed by atoms with Gasteiger partial charge in [0.05, 0.1) is 12.6 Å². The molecule has 1 heterocycles. The average Bonchev–Trinajstić information content (AvgIpc) is 2.94. The Morgan fingerprint density at radius 2 is 1.95 bits per heavy atom. The number of hydrogen-bond acceptors (Lipinski definition) is 3. The average molecular weight is 296 g/mol. The van der Waals surface area contributed by atoms with E-state index in [0.29, 0.717) is 18.5 Å². The third-order valence-electron chi connectivity index (χ3n) is 4.25. The molecule has 6 heteroatoms. The Bertz CT molecular complexity index is 378. The molecule has 0 radical (unpaired) electrons. The Morgan fingerprint density at radius 1 is 1.24 bits per heavy atom. The van der Waals surface area contributed by atoms with Crippen LogP contribution < -0.4 is 11.1 Å². The number of likely N-dealkylation sites (N-methyl/N-ethyl adjacent to an activating group) is 1. The number of aliphatic imine (C=N–C) groups is 1. The van der Waals surface area contributed by atoms with Crippen molar-refractivity contribution in [2.45, 2.75) is 63.2 Å². The molecule has 2 atom stereocenters. The summed E-state index contributed by atoms with van der Waals surface area (Å²) < 4.78 is 5.74. The van der Waals surface area contributed by atoms with Crippen LogP contribution in [0.4, 0.5) is 0 Å². The zero-order chi connectivity index (χ0) is 15.2. The van der Waals surface area contributed by atoms with Gasteiger partial charge in [0, 0.05) is 20.1 Å². The van der Waals surface area contributed by atoms with Gasteiger partial charge in [-0.15, -0.1) is 0 Å². The zero-order valence-corrected chi connectivity index (χ0v) is 13.2. The second-order valence-electron chi connectivity index (χ2n) is 6.26. The van der Waals surface area contributed by atoms with Gasteiger partial charge >= 0.3 is 0 Å². The zero-order valence-electron chi connectivity index (χ0n) is 13.2. The Morgan fingerprint density at radius 3 is 2.62 bits per heavy atom. The lowest BCUT2D eigenvalue weighted by molar-refractivity contribution is -0.140. The summed E-state index contributed by atoms with van der Waals surface area (Å²) in [5, 5.41) is 3.29. The van der Waals surface area contributed by atoms with E-state index in [1.165, 1.54) is 32.1 Å². The minimum atomic E-state index is -0.312. The van der Waals surface area contributed by atoms with Gasteiger partial charge < -0.3 is 20.7 Å². The van der Waals surface area contributed by atoms with Crippen LogP contribution >= 0.6 is 0 Å². The van der Waals surface area contributed by atoms with Gasteiger partial charge in [0.2, 0.25) is 0 Å². The van der Waals surface area contributed by atoms with Gasteiger partial charge in [-0.2, -0.15) is 0 Å². The molecule has 2 unspecified atom stereocenters. The molecule has 6 nitrogen and oxygen atoms in total. The number of nitrogens with two attached hydrogens (primary N) is 1. The van der Waals surface area contributed by atoms with E-state index in [9.17, 15) is 4.79 Å². The summed E-state index contributed by atoms with van der Waals surface area (Å²) >= 11 is 0. The predicted octanol–water partition coefficient (Wildman–Crippen LogP) is 0.859. The predicted molar refractivity (Wildman–Crippen MR) is 83.1 cm³/mol. The fraction of sp³-hybridized carbons (Fsp3) is 0.867. The fourth-order valence-corrected chi connectivity index (χ4v) is 3.01. The molecule has 120 valence electrons. The molecule has 0 aromatic rings. The van der Waals surface area contributed by atoms with Crippen LogP contribution in [0.3, 0.4) is 0 Å². The van der Waals surface area contributed by atoms with Crippen LogP contribution in [0.25, 0.3) is 0 Å². The summed E-state index contributed by atoms with van der Waals surface area (Å²) in [6.45, 7) is 0.531. The lowest BCUT2D eigenvalue weighted by Crippen LogP contribution is -2.41. The highest BCUT2D eigenvalue weighted by Gasteiger charge is 2.31. The molecule has 1 amide bonds. The highest BCUT2D eigenvalue weighted by molar-refractivity contribution is 5.80. The van der Waals surface area contributed by atoms with E-state index in [1.54, 1.807) is 19.0 Å². The number of carbonyl (C=O) groups excluding carboxylic acids is 1. The number of carbonyl (C=O) groups is 1. The van der Waals surface area contributed by atoms with Crippen LogP contribution in [0.1, 0.15) is 44.9 Å². The summed E-state index contributed by atoms with van der Waals surface area (Å²) in [5.41, 5.74) is 5.93. The summed E-state index contributed by atoms with van der Waals surface area (Å²) in [6, 6.07) is 0.468. The molecule has 2 rings (SSSR count). The summed E-state index contributed by atoms with van der Waals surface area (Å²) in [4.78, 5) is 17.8. The number of rotatable bonds is 4. The quantitative estimate of drug-likeness (QED) is 0.595. The molecular formula is C15H28N4O2. The monoisotopic (exact) mass is 296 g/mol. The Kier molecular flexibility index (Phi) is 5.85. The second kappa shape index (κ2) is 7.64. The molecule has 21 heavy (non-hydrogen) atoms. The second-order valence-corrected chi connectivity index (χ2v) is 6.26. The number of nitrogens with one attached hydrogen (secondary N) is 1. The van der Waals surface area contributed by atoms with Gasteiger partial charge in [0.15, 0.2) is 5.96 Å². The van der Waals surface area contributed by atoms with Gasteiger partial charge in [-0.1, -0.05) is 19.3 Å². The first-order valence-electron chi connectivity index (χ1n) is 7.99. The van der Waals surface area contributed by atoms with Crippen LogP contribution in [-0.2, 0) is 9.53 Å². The SMILES string of the molecule is CN(C)C(=O)C1CCC(CN=C(N)NC2CCCCC2)O1. The molecule has 3 N–H and O–H groups in total. The van der Waals surface area contributed by atoms with Crippen LogP contribution in [0, 0.1) is 0 Å². The molecular weight excluding hydrogens is 268 g/mol. The van der Waals surface area contributed by atoms with Gasteiger partial charge in [0.25, 0.3) is 5.91 Å². The maximum absolute atomic E-state index is 11.8. The number of hydrogen-bond donors (Lipinski definition) is 2. The lowest BCUT2D eigenvalue weighted by atomic mass is 9.96. The summed E-state index contributed by atoms with van der Waals surface area (Å²) in [5.74, 6) is 0.544. The Hall–Kier alpha value is -1.30. The lowest BCUT2D eigenvalue weighted by Gasteiger charge is -2.23.